The van der Waals surface area contributed by atoms with Crippen molar-refractivity contribution in [2.75, 3.05) is 11.9 Å². The summed E-state index contributed by atoms with van der Waals surface area (Å²) in [4.78, 5) is 18.4. The van der Waals surface area contributed by atoms with Crippen molar-refractivity contribution >= 4 is 46.2 Å². The number of nitrogens with zero attached hydrogens (tertiary/aromatic N) is 2. The van der Waals surface area contributed by atoms with Gasteiger partial charge >= 0.3 is 0 Å². The van der Waals surface area contributed by atoms with E-state index in [1.54, 1.807) is 41.3 Å². The number of carbonyl (C=O) groups is 1. The normalized spacial score (nSPS) is 15.8. The number of hydrogen-bond donors (Lipinski definition) is 1. The van der Waals surface area contributed by atoms with Crippen LogP contribution in [-0.2, 0) is 4.79 Å². The van der Waals surface area contributed by atoms with Gasteiger partial charge in [0.1, 0.15) is 5.75 Å². The van der Waals surface area contributed by atoms with E-state index in [1.165, 1.54) is 11.8 Å². The van der Waals surface area contributed by atoms with Gasteiger partial charge in [0.2, 0.25) is 0 Å². The lowest BCUT2D eigenvalue weighted by molar-refractivity contribution is -0.113. The van der Waals surface area contributed by atoms with Crippen LogP contribution in [0.25, 0.3) is 6.08 Å². The zero-order chi connectivity index (χ0) is 16.4. The van der Waals surface area contributed by atoms with Crippen LogP contribution >= 0.6 is 23.4 Å². The van der Waals surface area contributed by atoms with Gasteiger partial charge in [-0.2, -0.15) is 4.99 Å². The average Bonchev–Trinajstić information content (AvgIpc) is 2.90. The third kappa shape index (κ3) is 3.25. The quantitative estimate of drug-likeness (QED) is 0.831. The fourth-order valence-electron chi connectivity index (χ4n) is 2.12. The van der Waals surface area contributed by atoms with E-state index in [9.17, 15) is 9.90 Å². The first kappa shape index (κ1) is 15.6. The molecule has 2 aromatic carbocycles. The Morgan fingerprint density at radius 1 is 1.17 bits per heavy atom. The van der Waals surface area contributed by atoms with E-state index in [-0.39, 0.29) is 11.7 Å². The Balaban J connectivity index is 1.86. The van der Waals surface area contributed by atoms with E-state index in [1.807, 2.05) is 25.2 Å². The number of thioether (sulfide) groups is 1. The predicted molar refractivity (Wildman–Crippen MR) is 96.0 cm³/mol. The monoisotopic (exact) mass is 344 g/mol. The van der Waals surface area contributed by atoms with Crippen LogP contribution in [0.15, 0.2) is 58.4 Å². The van der Waals surface area contributed by atoms with Crippen molar-refractivity contribution in [3.05, 3.63) is 64.0 Å². The lowest BCUT2D eigenvalue weighted by Crippen LogP contribution is -2.22. The second-order valence-electron chi connectivity index (χ2n) is 4.88. The molecule has 1 aliphatic rings. The smallest absolute Gasteiger partial charge is 0.286 e. The fraction of sp³-hybridized carbons (Fsp3) is 0.0588. The van der Waals surface area contributed by atoms with Crippen LogP contribution in [0.2, 0.25) is 5.02 Å². The number of carbonyl (C=O) groups excluding carboxylic acids is 1. The Morgan fingerprint density at radius 2 is 1.87 bits per heavy atom. The lowest BCUT2D eigenvalue weighted by Gasteiger charge is -2.18. The molecule has 1 heterocycles. The fourth-order valence-corrected chi connectivity index (χ4v) is 3.26. The Bertz CT molecular complexity index is 833. The maximum Gasteiger partial charge on any atom is 0.286 e. The third-order valence-electron chi connectivity index (χ3n) is 3.33. The van der Waals surface area contributed by atoms with Crippen molar-refractivity contribution in [2.24, 2.45) is 4.99 Å². The summed E-state index contributed by atoms with van der Waals surface area (Å²) in [6, 6.07) is 14.2. The summed E-state index contributed by atoms with van der Waals surface area (Å²) in [7, 11) is 1.81. The molecular formula is C17H13ClN2O2S. The van der Waals surface area contributed by atoms with E-state index >= 15 is 0 Å². The molecular weight excluding hydrogens is 332 g/mol. The number of aromatic hydroxyl groups is 1. The van der Waals surface area contributed by atoms with Crippen LogP contribution in [0.1, 0.15) is 5.56 Å². The maximum absolute atomic E-state index is 12.1. The zero-order valence-electron chi connectivity index (χ0n) is 12.2. The minimum absolute atomic E-state index is 0.126. The van der Waals surface area contributed by atoms with Crippen LogP contribution in [-0.4, -0.2) is 23.2 Å². The third-order valence-corrected chi connectivity index (χ3v) is 4.71. The van der Waals surface area contributed by atoms with Gasteiger partial charge in [0, 0.05) is 12.6 Å². The average molecular weight is 345 g/mol. The van der Waals surface area contributed by atoms with Gasteiger partial charge < -0.3 is 10.0 Å². The molecule has 4 nitrogen and oxygen atoms in total. The molecule has 1 amide bonds. The van der Waals surface area contributed by atoms with Crippen LogP contribution in [0.3, 0.4) is 0 Å². The number of phenols is 1. The molecule has 0 spiro atoms. The second-order valence-corrected chi connectivity index (χ2v) is 6.30. The van der Waals surface area contributed by atoms with Crippen LogP contribution in [0.5, 0.6) is 5.75 Å². The van der Waals surface area contributed by atoms with E-state index in [0.29, 0.717) is 20.7 Å². The molecule has 0 atom stereocenters. The predicted octanol–water partition coefficient (Wildman–Crippen LogP) is 4.15. The number of rotatable bonds is 2. The van der Waals surface area contributed by atoms with Gasteiger partial charge in [-0.05, 0) is 36.0 Å². The Morgan fingerprint density at radius 3 is 2.61 bits per heavy atom. The van der Waals surface area contributed by atoms with E-state index in [4.69, 9.17) is 11.6 Å². The lowest BCUT2D eigenvalue weighted by atomic mass is 10.2. The number of hydrogen-bond acceptors (Lipinski definition) is 4. The molecule has 0 unspecified atom stereocenters. The molecule has 3 rings (SSSR count). The van der Waals surface area contributed by atoms with Gasteiger partial charge in [-0.3, -0.25) is 4.79 Å². The molecule has 1 aliphatic heterocycles. The first-order valence-electron chi connectivity index (χ1n) is 6.85. The molecule has 6 heteroatoms. The molecule has 23 heavy (non-hydrogen) atoms. The van der Waals surface area contributed by atoms with Crippen molar-refractivity contribution < 1.29 is 9.90 Å². The summed E-state index contributed by atoms with van der Waals surface area (Å²) in [5.74, 6) is -0.200. The number of anilines is 1. The highest BCUT2D eigenvalue weighted by Gasteiger charge is 2.26. The van der Waals surface area contributed by atoms with Gasteiger partial charge in [-0.15, -0.1) is 0 Å². The summed E-state index contributed by atoms with van der Waals surface area (Å²) in [6.07, 6.45) is 1.64. The highest BCUT2D eigenvalue weighted by Crippen LogP contribution is 2.34. The number of amides is 1. The SMILES string of the molecule is CN(C1=NC(=O)/C(=C\c2ccccc2O)S1)c1ccccc1Cl. The van der Waals surface area contributed by atoms with Crippen LogP contribution in [0.4, 0.5) is 5.69 Å². The number of benzene rings is 2. The standard InChI is InChI=1S/C17H13ClN2O2S/c1-20(13-8-4-3-7-12(13)18)17-19-16(22)15(23-17)10-11-6-2-5-9-14(11)21/h2-10,21H,1H3/b15-10+. The highest BCUT2D eigenvalue weighted by molar-refractivity contribution is 8.18. The van der Waals surface area contributed by atoms with Crippen molar-refractivity contribution in [1.29, 1.82) is 0 Å². The minimum atomic E-state index is -0.327. The van der Waals surface area contributed by atoms with Gasteiger partial charge in [0.25, 0.3) is 5.91 Å². The minimum Gasteiger partial charge on any atom is -0.507 e. The Labute approximate surface area is 143 Å². The summed E-state index contributed by atoms with van der Waals surface area (Å²) in [5, 5.41) is 10.9. The second kappa shape index (κ2) is 6.48. The van der Waals surface area contributed by atoms with Crippen LogP contribution < -0.4 is 4.90 Å². The first-order chi connectivity index (χ1) is 11.1. The van der Waals surface area contributed by atoms with Crippen molar-refractivity contribution in [1.82, 2.24) is 0 Å². The van der Waals surface area contributed by atoms with E-state index in [2.05, 4.69) is 4.99 Å². The number of para-hydroxylation sites is 2. The summed E-state index contributed by atoms with van der Waals surface area (Å²) >= 11 is 7.43. The molecule has 0 saturated carbocycles. The topological polar surface area (TPSA) is 52.9 Å². The number of phenolic OH excluding ortho intramolecular Hbond substituents is 1. The van der Waals surface area contributed by atoms with E-state index in [0.717, 1.165) is 5.69 Å². The molecule has 2 aromatic rings. The summed E-state index contributed by atoms with van der Waals surface area (Å²) in [6.45, 7) is 0. The molecule has 1 N–H and O–H groups in total. The Hall–Kier alpha value is -2.24. The number of halogens is 1. The number of aliphatic imine (C=N–C) groups is 1. The highest BCUT2D eigenvalue weighted by atomic mass is 35.5. The first-order valence-corrected chi connectivity index (χ1v) is 8.04. The van der Waals surface area contributed by atoms with Crippen molar-refractivity contribution in [3.8, 4) is 5.75 Å². The van der Waals surface area contributed by atoms with Gasteiger partial charge in [0.05, 0.1) is 15.6 Å². The largest absolute Gasteiger partial charge is 0.507 e. The molecule has 0 bridgehead atoms. The Kier molecular flexibility index (Phi) is 4.41. The molecule has 116 valence electrons. The van der Waals surface area contributed by atoms with Gasteiger partial charge in [0.15, 0.2) is 5.17 Å². The number of amidine groups is 1. The van der Waals surface area contributed by atoms with E-state index < -0.39 is 0 Å². The van der Waals surface area contributed by atoms with Gasteiger partial charge in [-0.1, -0.05) is 41.9 Å². The summed E-state index contributed by atoms with van der Waals surface area (Å²) < 4.78 is 0. The molecule has 0 saturated heterocycles. The van der Waals surface area contributed by atoms with Crippen molar-refractivity contribution in [3.63, 3.8) is 0 Å². The van der Waals surface area contributed by atoms with Crippen molar-refractivity contribution in [2.45, 2.75) is 0 Å². The zero-order valence-corrected chi connectivity index (χ0v) is 13.8. The molecule has 0 aliphatic carbocycles. The van der Waals surface area contributed by atoms with Gasteiger partial charge in [-0.25, -0.2) is 0 Å². The molecule has 0 fully saturated rings. The molecule has 0 aromatic heterocycles. The molecule has 0 radical (unpaired) electrons. The maximum atomic E-state index is 12.1. The van der Waals surface area contributed by atoms with Crippen LogP contribution in [0, 0.1) is 0 Å². The summed E-state index contributed by atoms with van der Waals surface area (Å²) in [5.41, 5.74) is 1.36.